The number of hydrogen-bond acceptors (Lipinski definition) is 0. The van der Waals surface area contributed by atoms with E-state index in [1.807, 2.05) is 0 Å². The number of nitrogens with zero attached hydrogens (tertiary/aromatic N) is 3. The maximum Gasteiger partial charge on any atom is 0.287 e. The lowest BCUT2D eigenvalue weighted by Crippen LogP contribution is -2.46. The van der Waals surface area contributed by atoms with Crippen LogP contribution in [-0.4, -0.2) is 0 Å². The normalized spacial score (nSPS) is 14.5. The molecule has 3 heteroatoms. The third-order valence-electron chi connectivity index (χ3n) is 9.73. The molecule has 9 rings (SSSR count). The number of hydrogen-bond donors (Lipinski definition) is 0. The van der Waals surface area contributed by atoms with Gasteiger partial charge in [0.05, 0.1) is 28.7 Å². The molecule has 0 amide bonds. The van der Waals surface area contributed by atoms with Crippen LogP contribution in [0.25, 0.3) is 56.3 Å². The van der Waals surface area contributed by atoms with Gasteiger partial charge in [-0.3, -0.25) is 0 Å². The van der Waals surface area contributed by atoms with Crippen molar-refractivity contribution in [2.24, 2.45) is 0 Å². The Bertz CT molecular complexity index is 2370. The van der Waals surface area contributed by atoms with E-state index in [1.54, 1.807) is 0 Å². The third kappa shape index (κ3) is 4.54. The standard InChI is InChI=1S/C44H34N3/c1-31-27-42-37-21-9-10-22-38(37)44(43-28-33-17-5-7-19-35(33)40-23-11-13-25-46(40)43)47-26-14-12-24-41(47)36-20-8-6-18-34(36)29-45(42)30-39(31)32-15-3-2-4-16-32/h2-27,30H,28-29H2,1H3/q+3/b44-43-. The molecule has 0 N–H and O–H groups in total. The highest BCUT2D eigenvalue weighted by atomic mass is 15.1. The Hall–Kier alpha value is -5.93. The van der Waals surface area contributed by atoms with Gasteiger partial charge in [-0.1, -0.05) is 78.9 Å². The summed E-state index contributed by atoms with van der Waals surface area (Å²) >= 11 is 0. The van der Waals surface area contributed by atoms with Crippen molar-refractivity contribution in [3.8, 4) is 44.9 Å². The molecule has 3 nitrogen and oxygen atoms in total. The second-order valence-electron chi connectivity index (χ2n) is 12.5. The summed E-state index contributed by atoms with van der Waals surface area (Å²) in [6, 6.07) is 53.0. The quantitative estimate of drug-likeness (QED) is 0.167. The highest BCUT2D eigenvalue weighted by molar-refractivity contribution is 5.86. The van der Waals surface area contributed by atoms with Crippen molar-refractivity contribution in [3.63, 3.8) is 0 Å². The number of aromatic nitrogens is 3. The molecule has 3 aromatic heterocycles. The topological polar surface area (TPSA) is 11.6 Å². The van der Waals surface area contributed by atoms with E-state index in [-0.39, 0.29) is 0 Å². The van der Waals surface area contributed by atoms with Gasteiger partial charge in [-0.2, -0.15) is 13.7 Å². The molecule has 2 aliphatic heterocycles. The minimum Gasteiger partial charge on any atom is -0.193 e. The summed E-state index contributed by atoms with van der Waals surface area (Å²) < 4.78 is 7.31. The average molecular weight is 605 g/mol. The summed E-state index contributed by atoms with van der Waals surface area (Å²) in [5.41, 5.74) is 17.4. The monoisotopic (exact) mass is 604 g/mol. The van der Waals surface area contributed by atoms with E-state index in [0.29, 0.717) is 0 Å². The zero-order valence-electron chi connectivity index (χ0n) is 26.3. The van der Waals surface area contributed by atoms with Crippen molar-refractivity contribution in [3.05, 3.63) is 186 Å². The zero-order chi connectivity index (χ0) is 31.3. The van der Waals surface area contributed by atoms with Crippen molar-refractivity contribution in [2.75, 3.05) is 0 Å². The summed E-state index contributed by atoms with van der Waals surface area (Å²) in [6.45, 7) is 3.00. The van der Waals surface area contributed by atoms with Crippen LogP contribution < -0.4 is 13.7 Å². The first-order valence-electron chi connectivity index (χ1n) is 16.4. The molecule has 0 fully saturated rings. The van der Waals surface area contributed by atoms with Gasteiger partial charge in [0.1, 0.15) is 0 Å². The first-order valence-corrected chi connectivity index (χ1v) is 16.4. The summed E-state index contributed by atoms with van der Waals surface area (Å²) in [7, 11) is 0. The van der Waals surface area contributed by atoms with Gasteiger partial charge in [0, 0.05) is 41.5 Å². The van der Waals surface area contributed by atoms with E-state index in [0.717, 1.165) is 13.0 Å². The SMILES string of the molecule is Cc1cc2[n+](cc1-c1ccccc1)Cc1ccccc1-c1cccc[n+]1/C(=C1/Cc3ccccc3-c3cccc[n+]31)c1ccccc1-2. The molecule has 0 spiro atoms. The molecule has 7 aromatic rings. The van der Waals surface area contributed by atoms with E-state index in [2.05, 4.69) is 185 Å². The molecule has 0 unspecified atom stereocenters. The number of aryl methyl sites for hydroxylation is 1. The maximum atomic E-state index is 2.46. The Labute approximate surface area is 275 Å². The number of fused-ring (bicyclic) bond motifs is 9. The zero-order valence-corrected chi connectivity index (χ0v) is 26.3. The summed E-state index contributed by atoms with van der Waals surface area (Å²) in [5.74, 6) is 0. The van der Waals surface area contributed by atoms with Crippen LogP contribution in [0.5, 0.6) is 0 Å². The van der Waals surface area contributed by atoms with Crippen LogP contribution in [-0.2, 0) is 13.0 Å². The Morgan fingerprint density at radius 2 is 1.04 bits per heavy atom. The Morgan fingerprint density at radius 3 is 1.81 bits per heavy atom. The molecule has 4 aromatic carbocycles. The summed E-state index contributed by atoms with van der Waals surface area (Å²) in [5, 5.41) is 0. The van der Waals surface area contributed by atoms with Crippen LogP contribution in [0.4, 0.5) is 0 Å². The molecule has 0 atom stereocenters. The molecule has 0 bridgehead atoms. The van der Waals surface area contributed by atoms with Gasteiger partial charge in [-0.05, 0) is 60.0 Å². The van der Waals surface area contributed by atoms with Crippen molar-refractivity contribution in [1.82, 2.24) is 0 Å². The molecule has 2 aliphatic rings. The Morgan fingerprint density at radius 1 is 0.468 bits per heavy atom. The van der Waals surface area contributed by atoms with Gasteiger partial charge in [-0.15, -0.1) is 0 Å². The molecule has 0 saturated carbocycles. The van der Waals surface area contributed by atoms with Crippen LogP contribution in [0, 0.1) is 6.92 Å². The van der Waals surface area contributed by atoms with Crippen molar-refractivity contribution in [2.45, 2.75) is 19.9 Å². The second-order valence-corrected chi connectivity index (χ2v) is 12.5. The Kier molecular flexibility index (Phi) is 6.50. The number of pyridine rings is 3. The fraction of sp³-hybridized carbons (Fsp3) is 0.0682. The maximum absolute atomic E-state index is 2.46. The highest BCUT2D eigenvalue weighted by Crippen LogP contribution is 2.37. The molecule has 0 saturated heterocycles. The second kappa shape index (κ2) is 11.1. The summed E-state index contributed by atoms with van der Waals surface area (Å²) in [6.07, 6.45) is 7.65. The molecule has 0 radical (unpaired) electrons. The fourth-order valence-corrected chi connectivity index (χ4v) is 7.55. The molecule has 5 heterocycles. The van der Waals surface area contributed by atoms with Gasteiger partial charge in [0.15, 0.2) is 25.1 Å². The van der Waals surface area contributed by atoms with Crippen LogP contribution in [0.1, 0.15) is 22.3 Å². The largest absolute Gasteiger partial charge is 0.287 e. The van der Waals surface area contributed by atoms with E-state index in [1.165, 1.54) is 78.5 Å². The first-order chi connectivity index (χ1) is 23.2. The number of allylic oxidation sites excluding steroid dienone is 1. The summed E-state index contributed by atoms with van der Waals surface area (Å²) in [4.78, 5) is 0. The molecular weight excluding hydrogens is 571 g/mol. The lowest BCUT2D eigenvalue weighted by atomic mass is 9.90. The molecule has 222 valence electrons. The predicted molar refractivity (Wildman–Crippen MR) is 188 cm³/mol. The molecule has 0 aliphatic carbocycles. The van der Waals surface area contributed by atoms with Crippen molar-refractivity contribution >= 4 is 11.4 Å². The van der Waals surface area contributed by atoms with Crippen molar-refractivity contribution in [1.29, 1.82) is 0 Å². The average Bonchev–Trinajstić information content (AvgIpc) is 3.13. The van der Waals surface area contributed by atoms with Crippen LogP contribution in [0.15, 0.2) is 164 Å². The van der Waals surface area contributed by atoms with E-state index in [4.69, 9.17) is 0 Å². The fourth-order valence-electron chi connectivity index (χ4n) is 7.55. The van der Waals surface area contributed by atoms with E-state index >= 15 is 0 Å². The van der Waals surface area contributed by atoms with E-state index < -0.39 is 0 Å². The van der Waals surface area contributed by atoms with Gasteiger partial charge in [-0.25, -0.2) is 0 Å². The smallest absolute Gasteiger partial charge is 0.193 e. The van der Waals surface area contributed by atoms with Crippen LogP contribution in [0.3, 0.4) is 0 Å². The predicted octanol–water partition coefficient (Wildman–Crippen LogP) is 8.32. The number of rotatable bonds is 1. The molecular formula is C44H34N3+3. The number of benzene rings is 4. The lowest BCUT2D eigenvalue weighted by Gasteiger charge is -2.20. The highest BCUT2D eigenvalue weighted by Gasteiger charge is 2.39. The van der Waals surface area contributed by atoms with Gasteiger partial charge in [0.2, 0.25) is 17.1 Å². The van der Waals surface area contributed by atoms with Gasteiger partial charge < -0.3 is 0 Å². The minimum atomic E-state index is 0.756. The first kappa shape index (κ1) is 27.4. The van der Waals surface area contributed by atoms with Gasteiger partial charge >= 0.3 is 0 Å². The molecule has 47 heavy (non-hydrogen) atoms. The van der Waals surface area contributed by atoms with Crippen LogP contribution in [0.2, 0.25) is 0 Å². The van der Waals surface area contributed by atoms with E-state index in [9.17, 15) is 0 Å². The minimum absolute atomic E-state index is 0.756. The van der Waals surface area contributed by atoms with Crippen molar-refractivity contribution < 1.29 is 13.7 Å². The Balaban J connectivity index is 1.42. The van der Waals surface area contributed by atoms with Gasteiger partial charge in [0.25, 0.3) is 11.4 Å². The lowest BCUT2D eigenvalue weighted by molar-refractivity contribution is -0.677. The third-order valence-corrected chi connectivity index (χ3v) is 9.73. The van der Waals surface area contributed by atoms with Crippen LogP contribution >= 0.6 is 0 Å².